The zero-order valence-electron chi connectivity index (χ0n) is 10.9. The molecule has 1 aliphatic carbocycles. The van der Waals surface area contributed by atoms with Crippen LogP contribution in [-0.4, -0.2) is 16.8 Å². The molecule has 100 valence electrons. The number of hydrogen-bond donors (Lipinski definition) is 1. The molecule has 3 rings (SSSR count). The van der Waals surface area contributed by atoms with Crippen LogP contribution in [0.5, 0.6) is 0 Å². The minimum atomic E-state index is -0.0794. The van der Waals surface area contributed by atoms with Crippen LogP contribution >= 0.6 is 15.9 Å². The van der Waals surface area contributed by atoms with Gasteiger partial charge in [0.1, 0.15) is 0 Å². The third-order valence-corrected chi connectivity index (χ3v) is 4.92. The number of carbonyl (C=O) groups excluding carboxylic acids is 1. The van der Waals surface area contributed by atoms with E-state index < -0.39 is 0 Å². The molecule has 0 bridgehead atoms. The Kier molecular flexibility index (Phi) is 3.48. The Labute approximate surface area is 122 Å². The maximum atomic E-state index is 12.4. The monoisotopic (exact) mass is 319 g/mol. The molecule has 1 spiro atoms. The van der Waals surface area contributed by atoms with Crippen molar-refractivity contribution in [3.8, 4) is 0 Å². The highest BCUT2D eigenvalue weighted by molar-refractivity contribution is 9.09. The summed E-state index contributed by atoms with van der Waals surface area (Å²) in [5.74, 6) is 0.0996. The number of alkyl halides is 1. The molecule has 1 aliphatic heterocycles. The first-order valence-electron chi connectivity index (χ1n) is 6.94. The van der Waals surface area contributed by atoms with Gasteiger partial charge in [-0.2, -0.15) is 0 Å². The van der Waals surface area contributed by atoms with E-state index in [0.29, 0.717) is 0 Å². The van der Waals surface area contributed by atoms with E-state index in [0.717, 1.165) is 29.3 Å². The Hall–Kier alpha value is -1.09. The van der Waals surface area contributed by atoms with Crippen molar-refractivity contribution < 1.29 is 4.79 Å². The normalized spacial score (nSPS) is 21.8. The van der Waals surface area contributed by atoms with Gasteiger partial charge in [0.2, 0.25) is 0 Å². The van der Waals surface area contributed by atoms with Gasteiger partial charge in [0.15, 0.2) is 0 Å². The highest BCUT2D eigenvalue weighted by Crippen LogP contribution is 2.43. The first kappa shape index (κ1) is 12.9. The number of amides is 1. The molecule has 0 saturated heterocycles. The van der Waals surface area contributed by atoms with Gasteiger partial charge in [-0.15, -0.1) is 0 Å². The highest BCUT2D eigenvalue weighted by Gasteiger charge is 2.44. The van der Waals surface area contributed by atoms with Gasteiger partial charge in [-0.3, -0.25) is 4.79 Å². The predicted molar refractivity (Wildman–Crippen MR) is 81.1 cm³/mol. The summed E-state index contributed by atoms with van der Waals surface area (Å²) in [7, 11) is 0. The minimum absolute atomic E-state index is 0.0794. The van der Waals surface area contributed by atoms with E-state index in [2.05, 4.69) is 21.2 Å². The molecule has 1 saturated carbocycles. The van der Waals surface area contributed by atoms with E-state index in [-0.39, 0.29) is 11.4 Å². The third-order valence-electron chi connectivity index (χ3n) is 4.36. The van der Waals surface area contributed by atoms with Crippen LogP contribution in [0.25, 0.3) is 5.57 Å². The number of nitrogens with one attached hydrogen (secondary N) is 1. The van der Waals surface area contributed by atoms with Gasteiger partial charge in [0.25, 0.3) is 5.91 Å². The summed E-state index contributed by atoms with van der Waals surface area (Å²) in [6.45, 7) is 0. The summed E-state index contributed by atoms with van der Waals surface area (Å²) in [6, 6.07) is 10.0. The highest BCUT2D eigenvalue weighted by atomic mass is 79.9. The SMILES string of the molecule is O=C1NC2(CCCCC2)C(CBr)=C1c1ccccc1. The summed E-state index contributed by atoms with van der Waals surface area (Å²) in [5, 5.41) is 4.05. The number of halogens is 1. The van der Waals surface area contributed by atoms with Crippen molar-refractivity contribution in [1.82, 2.24) is 5.32 Å². The summed E-state index contributed by atoms with van der Waals surface area (Å²) < 4.78 is 0. The number of hydrogen-bond acceptors (Lipinski definition) is 1. The van der Waals surface area contributed by atoms with Crippen molar-refractivity contribution in [2.24, 2.45) is 0 Å². The van der Waals surface area contributed by atoms with Gasteiger partial charge < -0.3 is 5.32 Å². The van der Waals surface area contributed by atoms with Gasteiger partial charge in [-0.1, -0.05) is 65.5 Å². The minimum Gasteiger partial charge on any atom is -0.343 e. The first-order valence-corrected chi connectivity index (χ1v) is 8.06. The second-order valence-electron chi connectivity index (χ2n) is 5.45. The van der Waals surface area contributed by atoms with Crippen LogP contribution < -0.4 is 5.32 Å². The van der Waals surface area contributed by atoms with E-state index in [1.165, 1.54) is 24.8 Å². The van der Waals surface area contributed by atoms with Crippen LogP contribution in [0.1, 0.15) is 37.7 Å². The summed E-state index contributed by atoms with van der Waals surface area (Å²) in [5.41, 5.74) is 3.10. The van der Waals surface area contributed by atoms with Crippen LogP contribution in [0.4, 0.5) is 0 Å². The van der Waals surface area contributed by atoms with Crippen LogP contribution in [0, 0.1) is 0 Å². The molecule has 1 aromatic carbocycles. The Bertz CT molecular complexity index is 515. The van der Waals surface area contributed by atoms with Gasteiger partial charge in [-0.25, -0.2) is 0 Å². The average molecular weight is 320 g/mol. The summed E-state index contributed by atoms with van der Waals surface area (Å²) >= 11 is 3.60. The molecule has 0 radical (unpaired) electrons. The van der Waals surface area contributed by atoms with E-state index in [1.54, 1.807) is 0 Å². The number of benzene rings is 1. The van der Waals surface area contributed by atoms with E-state index >= 15 is 0 Å². The Morgan fingerprint density at radius 3 is 2.42 bits per heavy atom. The zero-order chi connectivity index (χ0) is 13.3. The lowest BCUT2D eigenvalue weighted by atomic mass is 9.77. The van der Waals surface area contributed by atoms with Crippen molar-refractivity contribution in [2.45, 2.75) is 37.6 Å². The zero-order valence-corrected chi connectivity index (χ0v) is 12.5. The van der Waals surface area contributed by atoms with Crippen molar-refractivity contribution in [3.05, 3.63) is 41.5 Å². The molecule has 0 atom stereocenters. The number of rotatable bonds is 2. The molecule has 0 aromatic heterocycles. The van der Waals surface area contributed by atoms with E-state index in [1.807, 2.05) is 30.3 Å². The van der Waals surface area contributed by atoms with E-state index in [9.17, 15) is 4.79 Å². The molecule has 19 heavy (non-hydrogen) atoms. The molecule has 1 fully saturated rings. The molecule has 2 aliphatic rings. The lowest BCUT2D eigenvalue weighted by Gasteiger charge is -2.35. The molecule has 1 aromatic rings. The molecule has 1 amide bonds. The average Bonchev–Trinajstić information content (AvgIpc) is 2.72. The lowest BCUT2D eigenvalue weighted by molar-refractivity contribution is -0.116. The summed E-state index contributed by atoms with van der Waals surface area (Å²) in [6.07, 6.45) is 5.86. The van der Waals surface area contributed by atoms with Gasteiger partial charge >= 0.3 is 0 Å². The molecule has 2 nitrogen and oxygen atoms in total. The summed E-state index contributed by atoms with van der Waals surface area (Å²) in [4.78, 5) is 12.4. The van der Waals surface area contributed by atoms with Crippen LogP contribution in [0.15, 0.2) is 35.9 Å². The van der Waals surface area contributed by atoms with Crippen molar-refractivity contribution >= 4 is 27.4 Å². The van der Waals surface area contributed by atoms with Gasteiger partial charge in [0, 0.05) is 10.9 Å². The van der Waals surface area contributed by atoms with Gasteiger partial charge in [0.05, 0.1) is 5.54 Å². The molecular formula is C16H18BrNO. The predicted octanol–water partition coefficient (Wildman–Crippen LogP) is 3.67. The van der Waals surface area contributed by atoms with Crippen molar-refractivity contribution in [1.29, 1.82) is 0 Å². The fourth-order valence-electron chi connectivity index (χ4n) is 3.42. The van der Waals surface area contributed by atoms with Crippen molar-refractivity contribution in [2.75, 3.05) is 5.33 Å². The standard InChI is InChI=1S/C16H18BrNO/c17-11-13-14(12-7-3-1-4-8-12)15(19)18-16(13)9-5-2-6-10-16/h1,3-4,7-8H,2,5-6,9-11H2,(H,18,19). The lowest BCUT2D eigenvalue weighted by Crippen LogP contribution is -2.46. The molecule has 1 N–H and O–H groups in total. The Morgan fingerprint density at radius 1 is 1.11 bits per heavy atom. The van der Waals surface area contributed by atoms with E-state index in [4.69, 9.17) is 0 Å². The topological polar surface area (TPSA) is 29.1 Å². The second kappa shape index (κ2) is 5.12. The van der Waals surface area contributed by atoms with Crippen LogP contribution in [0.3, 0.4) is 0 Å². The molecule has 1 heterocycles. The first-order chi connectivity index (χ1) is 9.27. The van der Waals surface area contributed by atoms with Crippen LogP contribution in [0.2, 0.25) is 0 Å². The smallest absolute Gasteiger partial charge is 0.252 e. The van der Waals surface area contributed by atoms with Crippen molar-refractivity contribution in [3.63, 3.8) is 0 Å². The quantitative estimate of drug-likeness (QED) is 0.828. The fourth-order valence-corrected chi connectivity index (χ4v) is 4.24. The molecule has 0 unspecified atom stereocenters. The molecule has 3 heteroatoms. The maximum absolute atomic E-state index is 12.4. The van der Waals surface area contributed by atoms with Crippen LogP contribution in [-0.2, 0) is 4.79 Å². The largest absolute Gasteiger partial charge is 0.343 e. The van der Waals surface area contributed by atoms with Gasteiger partial charge in [-0.05, 0) is 24.0 Å². The Balaban J connectivity index is 2.08. The second-order valence-corrected chi connectivity index (χ2v) is 6.01. The Morgan fingerprint density at radius 2 is 1.79 bits per heavy atom. The molecular weight excluding hydrogens is 302 g/mol. The third kappa shape index (κ3) is 2.14. The number of carbonyl (C=O) groups is 1. The fraction of sp³-hybridized carbons (Fsp3) is 0.438. The maximum Gasteiger partial charge on any atom is 0.252 e.